The van der Waals surface area contributed by atoms with Gasteiger partial charge in [0.15, 0.2) is 0 Å². The minimum atomic E-state index is -5.08. The molecular weight excluding hydrogens is 491 g/mol. The zero-order valence-electron chi connectivity index (χ0n) is 18.1. The largest absolute Gasteiger partial charge is 0.492 e. The average molecular weight is 510 g/mol. The van der Waals surface area contributed by atoms with E-state index < -0.39 is 12.1 Å². The fraction of sp³-hybridized carbons (Fsp3) is 0.182. The van der Waals surface area contributed by atoms with Crippen molar-refractivity contribution in [1.29, 1.82) is 5.26 Å². The number of alkyl halides is 3. The number of halogens is 4. The molecular formula is C22H19ClF3N5O4. The number of hydrogen-bond acceptors (Lipinski definition) is 6. The first kappa shape index (κ1) is 27.2. The zero-order valence-corrected chi connectivity index (χ0v) is 18.9. The summed E-state index contributed by atoms with van der Waals surface area (Å²) in [6.07, 6.45) is -3.54. The molecule has 1 aromatic heterocycles. The summed E-state index contributed by atoms with van der Waals surface area (Å²) in [4.78, 5) is 21.4. The van der Waals surface area contributed by atoms with Crippen LogP contribution in [0.1, 0.15) is 15.9 Å². The van der Waals surface area contributed by atoms with E-state index in [1.54, 1.807) is 60.4 Å². The van der Waals surface area contributed by atoms with Gasteiger partial charge in [-0.1, -0.05) is 11.6 Å². The molecule has 3 aromatic rings. The molecule has 0 spiro atoms. The van der Waals surface area contributed by atoms with Crippen molar-refractivity contribution >= 4 is 29.2 Å². The summed E-state index contributed by atoms with van der Waals surface area (Å²) in [6, 6.07) is 13.7. The van der Waals surface area contributed by atoms with Crippen LogP contribution < -0.4 is 15.8 Å². The summed E-state index contributed by atoms with van der Waals surface area (Å²) in [5, 5.41) is 23.5. The van der Waals surface area contributed by atoms with Gasteiger partial charge in [0.25, 0.3) is 5.91 Å². The van der Waals surface area contributed by atoms with Gasteiger partial charge in [-0.25, -0.2) is 4.79 Å². The first-order valence-corrected chi connectivity index (χ1v) is 10.1. The van der Waals surface area contributed by atoms with Crippen LogP contribution in [0, 0.1) is 11.3 Å². The van der Waals surface area contributed by atoms with E-state index in [-0.39, 0.29) is 5.91 Å². The van der Waals surface area contributed by atoms with Crippen molar-refractivity contribution in [1.82, 2.24) is 9.78 Å². The van der Waals surface area contributed by atoms with Gasteiger partial charge in [0.1, 0.15) is 12.4 Å². The van der Waals surface area contributed by atoms with Crippen LogP contribution in [-0.2, 0) is 11.8 Å². The fourth-order valence-corrected chi connectivity index (χ4v) is 2.97. The Labute approximate surface area is 202 Å². The third kappa shape index (κ3) is 7.46. The Hall–Kier alpha value is -4.08. The van der Waals surface area contributed by atoms with Gasteiger partial charge in [0, 0.05) is 30.4 Å². The summed E-state index contributed by atoms with van der Waals surface area (Å²) >= 11 is 6.29. The number of ether oxygens (including phenoxy) is 1. The molecule has 0 saturated carbocycles. The number of aryl methyl sites for hydroxylation is 1. The van der Waals surface area contributed by atoms with E-state index >= 15 is 0 Å². The number of nitriles is 1. The minimum Gasteiger partial charge on any atom is -0.492 e. The summed E-state index contributed by atoms with van der Waals surface area (Å²) in [6.45, 7) is 0.717. The maximum absolute atomic E-state index is 12.5. The molecule has 1 amide bonds. The molecule has 0 bridgehead atoms. The molecule has 184 valence electrons. The highest BCUT2D eigenvalue weighted by Crippen LogP contribution is 2.36. The molecule has 2 aromatic carbocycles. The van der Waals surface area contributed by atoms with Crippen LogP contribution in [0.15, 0.2) is 48.7 Å². The number of nitrogens with one attached hydrogen (secondary N) is 1. The Morgan fingerprint density at radius 2 is 1.89 bits per heavy atom. The molecule has 0 aliphatic heterocycles. The molecule has 0 fully saturated rings. The third-order valence-electron chi connectivity index (χ3n) is 4.28. The Morgan fingerprint density at radius 3 is 2.37 bits per heavy atom. The van der Waals surface area contributed by atoms with Crippen LogP contribution >= 0.6 is 11.6 Å². The van der Waals surface area contributed by atoms with Crippen LogP contribution in [0.4, 0.5) is 18.9 Å². The van der Waals surface area contributed by atoms with E-state index in [2.05, 4.69) is 10.4 Å². The lowest BCUT2D eigenvalue weighted by Gasteiger charge is -2.14. The number of hydrogen-bond donors (Lipinski definition) is 3. The number of nitrogens with two attached hydrogens (primary N) is 1. The predicted octanol–water partition coefficient (Wildman–Crippen LogP) is 3.84. The highest BCUT2D eigenvalue weighted by Gasteiger charge is 2.38. The van der Waals surface area contributed by atoms with E-state index in [1.807, 2.05) is 6.07 Å². The fourth-order valence-electron chi connectivity index (χ4n) is 2.70. The summed E-state index contributed by atoms with van der Waals surface area (Å²) in [7, 11) is 1.77. The summed E-state index contributed by atoms with van der Waals surface area (Å²) < 4.78 is 39.1. The molecule has 3 rings (SSSR count). The van der Waals surface area contributed by atoms with Crippen molar-refractivity contribution in [2.75, 3.05) is 18.5 Å². The number of carboxylic acids is 1. The van der Waals surface area contributed by atoms with E-state index in [1.165, 1.54) is 0 Å². The number of carbonyl (C=O) groups excluding carboxylic acids is 1. The predicted molar refractivity (Wildman–Crippen MR) is 121 cm³/mol. The molecule has 0 aliphatic rings. The Bertz CT molecular complexity index is 1220. The van der Waals surface area contributed by atoms with Crippen LogP contribution in [-0.4, -0.2) is 46.1 Å². The molecule has 1 heterocycles. The molecule has 0 aliphatic carbocycles. The standard InChI is InChI=1S/C20H18ClN5O2.C2HF3O2/c1-26-19(17(21)12-24-26)16-10-15(6-7-18(16)28-9-8-22)25-20(27)14-4-2-13(11-23)3-5-14;3-2(4,5)1(6)7/h2-7,10,12H,8-9,22H2,1H3,(H,25,27);(H,6,7). The topological polar surface area (TPSA) is 143 Å². The highest BCUT2D eigenvalue weighted by molar-refractivity contribution is 6.33. The SMILES string of the molecule is Cn1ncc(Cl)c1-c1cc(NC(=O)c2ccc(C#N)cc2)ccc1OCCN.O=C(O)C(F)(F)F. The van der Waals surface area contributed by atoms with E-state index in [0.29, 0.717) is 52.0 Å². The number of benzene rings is 2. The summed E-state index contributed by atoms with van der Waals surface area (Å²) in [5.74, 6) is -2.46. The number of amides is 1. The molecule has 9 nitrogen and oxygen atoms in total. The van der Waals surface area contributed by atoms with E-state index in [0.717, 1.165) is 0 Å². The number of aliphatic carboxylic acids is 1. The normalized spacial score (nSPS) is 10.5. The van der Waals surface area contributed by atoms with Gasteiger partial charge in [-0.15, -0.1) is 0 Å². The van der Waals surface area contributed by atoms with E-state index in [9.17, 15) is 18.0 Å². The van der Waals surface area contributed by atoms with Crippen LogP contribution in [0.5, 0.6) is 5.75 Å². The number of carbonyl (C=O) groups is 2. The molecule has 13 heteroatoms. The van der Waals surface area contributed by atoms with Crippen molar-refractivity contribution < 1.29 is 32.6 Å². The summed E-state index contributed by atoms with van der Waals surface area (Å²) in [5.41, 5.74) is 8.41. The van der Waals surface area contributed by atoms with Crippen molar-refractivity contribution in [3.8, 4) is 23.1 Å². The van der Waals surface area contributed by atoms with Gasteiger partial charge in [-0.05, 0) is 42.5 Å². The molecule has 0 unspecified atom stereocenters. The second-order valence-corrected chi connectivity index (χ2v) is 7.17. The second-order valence-electron chi connectivity index (χ2n) is 6.76. The lowest BCUT2D eigenvalue weighted by Crippen LogP contribution is -2.21. The van der Waals surface area contributed by atoms with E-state index in [4.69, 9.17) is 37.2 Å². The number of aromatic nitrogens is 2. The maximum Gasteiger partial charge on any atom is 0.490 e. The molecule has 0 atom stereocenters. The first-order chi connectivity index (χ1) is 16.5. The van der Waals surface area contributed by atoms with Gasteiger partial charge in [-0.2, -0.15) is 23.5 Å². The van der Waals surface area contributed by atoms with Gasteiger partial charge < -0.3 is 20.9 Å². The minimum absolute atomic E-state index is 0.290. The highest BCUT2D eigenvalue weighted by atomic mass is 35.5. The monoisotopic (exact) mass is 509 g/mol. The van der Waals surface area contributed by atoms with Gasteiger partial charge in [-0.3, -0.25) is 9.48 Å². The quantitative estimate of drug-likeness (QED) is 0.458. The lowest BCUT2D eigenvalue weighted by atomic mass is 10.1. The van der Waals surface area contributed by atoms with Gasteiger partial charge >= 0.3 is 12.1 Å². The van der Waals surface area contributed by atoms with Gasteiger partial charge in [0.2, 0.25) is 0 Å². The van der Waals surface area contributed by atoms with Crippen LogP contribution in [0.3, 0.4) is 0 Å². The number of rotatable bonds is 6. The third-order valence-corrected chi connectivity index (χ3v) is 4.56. The van der Waals surface area contributed by atoms with Crippen molar-refractivity contribution in [3.63, 3.8) is 0 Å². The first-order valence-electron chi connectivity index (χ1n) is 9.74. The van der Waals surface area contributed by atoms with Crippen LogP contribution in [0.25, 0.3) is 11.3 Å². The number of carboxylic acid groups (broad SMARTS) is 1. The van der Waals surface area contributed by atoms with Crippen molar-refractivity contribution in [3.05, 3.63) is 64.8 Å². The number of anilines is 1. The Kier molecular flexibility index (Phi) is 9.21. The Balaban J connectivity index is 0.000000540. The van der Waals surface area contributed by atoms with Gasteiger partial charge in [0.05, 0.1) is 28.5 Å². The number of nitrogens with zero attached hydrogens (tertiary/aromatic N) is 3. The smallest absolute Gasteiger partial charge is 0.490 e. The molecule has 0 saturated heterocycles. The van der Waals surface area contributed by atoms with Crippen molar-refractivity contribution in [2.45, 2.75) is 6.18 Å². The zero-order chi connectivity index (χ0) is 26.2. The van der Waals surface area contributed by atoms with Crippen LogP contribution in [0.2, 0.25) is 5.02 Å². The Morgan fingerprint density at radius 1 is 1.26 bits per heavy atom. The maximum atomic E-state index is 12.5. The lowest BCUT2D eigenvalue weighted by molar-refractivity contribution is -0.192. The van der Waals surface area contributed by atoms with Crippen molar-refractivity contribution in [2.24, 2.45) is 12.8 Å². The second kappa shape index (κ2) is 11.9. The molecule has 35 heavy (non-hydrogen) atoms. The molecule has 0 radical (unpaired) electrons. The average Bonchev–Trinajstić information content (AvgIpc) is 3.15. The molecule has 4 N–H and O–H groups in total.